The standard InChI is InChI=1S/C13H17F3N2O2/c14-13(15,16)9-17-7-12(20)18-11(8-19)6-10-4-2-1-3-5-10/h1-5,11,17,19H,6-9H2,(H,18,20)/t11-/m1/s1. The van der Waals surface area contributed by atoms with Gasteiger partial charge in [0.2, 0.25) is 5.91 Å². The van der Waals surface area contributed by atoms with E-state index in [0.717, 1.165) is 5.56 Å². The van der Waals surface area contributed by atoms with Crippen molar-refractivity contribution in [3.8, 4) is 0 Å². The summed E-state index contributed by atoms with van der Waals surface area (Å²) < 4.78 is 35.7. The Kier molecular flexibility index (Phi) is 6.47. The Labute approximate surface area is 115 Å². The molecule has 0 saturated heterocycles. The number of hydrogen-bond donors (Lipinski definition) is 3. The molecule has 1 aromatic rings. The van der Waals surface area contributed by atoms with Crippen molar-refractivity contribution in [3.63, 3.8) is 0 Å². The molecule has 0 fully saturated rings. The summed E-state index contributed by atoms with van der Waals surface area (Å²) in [5.74, 6) is -0.579. The number of aliphatic hydroxyl groups is 1. The molecule has 4 nitrogen and oxygen atoms in total. The smallest absolute Gasteiger partial charge is 0.394 e. The van der Waals surface area contributed by atoms with Crippen LogP contribution in [0.15, 0.2) is 30.3 Å². The summed E-state index contributed by atoms with van der Waals surface area (Å²) >= 11 is 0. The lowest BCUT2D eigenvalue weighted by Gasteiger charge is -2.17. The molecule has 0 radical (unpaired) electrons. The van der Waals surface area contributed by atoms with Gasteiger partial charge in [0, 0.05) is 0 Å². The Morgan fingerprint density at radius 3 is 2.45 bits per heavy atom. The number of hydrogen-bond acceptors (Lipinski definition) is 3. The number of aliphatic hydroxyl groups excluding tert-OH is 1. The van der Waals surface area contributed by atoms with E-state index in [1.54, 1.807) is 0 Å². The van der Waals surface area contributed by atoms with Gasteiger partial charge in [0.05, 0.1) is 25.7 Å². The molecule has 7 heteroatoms. The first-order valence-corrected chi connectivity index (χ1v) is 6.12. The van der Waals surface area contributed by atoms with Crippen molar-refractivity contribution in [1.29, 1.82) is 0 Å². The van der Waals surface area contributed by atoms with Gasteiger partial charge >= 0.3 is 6.18 Å². The van der Waals surface area contributed by atoms with Crippen LogP contribution in [0, 0.1) is 0 Å². The average molecular weight is 290 g/mol. The summed E-state index contributed by atoms with van der Waals surface area (Å²) in [5, 5.41) is 13.7. The Bertz CT molecular complexity index is 410. The lowest BCUT2D eigenvalue weighted by atomic mass is 10.1. The highest BCUT2D eigenvalue weighted by atomic mass is 19.4. The zero-order chi connectivity index (χ0) is 15.0. The molecule has 0 saturated carbocycles. The highest BCUT2D eigenvalue weighted by Gasteiger charge is 2.26. The lowest BCUT2D eigenvalue weighted by molar-refractivity contribution is -0.128. The van der Waals surface area contributed by atoms with Crippen molar-refractivity contribution >= 4 is 5.91 Å². The van der Waals surface area contributed by atoms with Crippen LogP contribution < -0.4 is 10.6 Å². The van der Waals surface area contributed by atoms with Crippen molar-refractivity contribution in [2.75, 3.05) is 19.7 Å². The van der Waals surface area contributed by atoms with Crippen LogP contribution in [-0.2, 0) is 11.2 Å². The predicted molar refractivity (Wildman–Crippen MR) is 68.1 cm³/mol. The number of benzene rings is 1. The number of amides is 1. The molecule has 1 atom stereocenters. The van der Waals surface area contributed by atoms with Gasteiger partial charge in [-0.1, -0.05) is 30.3 Å². The molecule has 1 rings (SSSR count). The average Bonchev–Trinajstić information content (AvgIpc) is 2.37. The van der Waals surface area contributed by atoms with E-state index < -0.39 is 31.2 Å². The highest BCUT2D eigenvalue weighted by molar-refractivity contribution is 5.78. The third-order valence-electron chi connectivity index (χ3n) is 2.52. The second-order valence-corrected chi connectivity index (χ2v) is 4.36. The summed E-state index contributed by atoms with van der Waals surface area (Å²) in [5.41, 5.74) is 0.926. The maximum Gasteiger partial charge on any atom is 0.401 e. The molecule has 0 aromatic heterocycles. The minimum Gasteiger partial charge on any atom is -0.394 e. The van der Waals surface area contributed by atoms with E-state index in [4.69, 9.17) is 0 Å². The summed E-state index contributed by atoms with van der Waals surface area (Å²) in [6, 6.07) is 8.68. The van der Waals surface area contributed by atoms with Crippen molar-refractivity contribution in [2.45, 2.75) is 18.6 Å². The van der Waals surface area contributed by atoms with Gasteiger partial charge < -0.3 is 15.7 Å². The maximum atomic E-state index is 11.9. The van der Waals surface area contributed by atoms with Gasteiger partial charge in [-0.2, -0.15) is 13.2 Å². The molecule has 0 unspecified atom stereocenters. The predicted octanol–water partition coefficient (Wildman–Crippen LogP) is 0.858. The van der Waals surface area contributed by atoms with Crippen LogP contribution in [0.2, 0.25) is 0 Å². The Hall–Kier alpha value is -1.60. The van der Waals surface area contributed by atoms with Gasteiger partial charge in [-0.25, -0.2) is 0 Å². The van der Waals surface area contributed by atoms with Crippen LogP contribution in [0.4, 0.5) is 13.2 Å². The van der Waals surface area contributed by atoms with Crippen molar-refractivity contribution < 1.29 is 23.1 Å². The number of rotatable bonds is 7. The summed E-state index contributed by atoms with van der Waals surface area (Å²) in [6.45, 7) is -1.94. The first kappa shape index (κ1) is 16.5. The number of nitrogens with one attached hydrogen (secondary N) is 2. The summed E-state index contributed by atoms with van der Waals surface area (Å²) in [4.78, 5) is 11.4. The van der Waals surface area contributed by atoms with E-state index in [1.807, 2.05) is 35.6 Å². The molecule has 20 heavy (non-hydrogen) atoms. The second-order valence-electron chi connectivity index (χ2n) is 4.36. The minimum absolute atomic E-state index is 0.278. The number of carbonyl (C=O) groups is 1. The monoisotopic (exact) mass is 290 g/mol. The quantitative estimate of drug-likeness (QED) is 0.698. The minimum atomic E-state index is -4.35. The SMILES string of the molecule is O=C(CNCC(F)(F)F)N[C@@H](CO)Cc1ccccc1. The molecular weight excluding hydrogens is 273 g/mol. The Morgan fingerprint density at radius 2 is 1.90 bits per heavy atom. The Morgan fingerprint density at radius 1 is 1.25 bits per heavy atom. The van der Waals surface area contributed by atoms with Crippen molar-refractivity contribution in [3.05, 3.63) is 35.9 Å². The Balaban J connectivity index is 2.34. The van der Waals surface area contributed by atoms with Crippen LogP contribution in [0.1, 0.15) is 5.56 Å². The van der Waals surface area contributed by atoms with Crippen LogP contribution in [0.3, 0.4) is 0 Å². The third kappa shape index (κ3) is 7.10. The topological polar surface area (TPSA) is 61.4 Å². The summed E-state index contributed by atoms with van der Waals surface area (Å²) in [7, 11) is 0. The molecule has 3 N–H and O–H groups in total. The molecule has 0 aliphatic rings. The second kappa shape index (κ2) is 7.86. The maximum absolute atomic E-state index is 11.9. The molecule has 1 amide bonds. The fourth-order valence-electron chi connectivity index (χ4n) is 1.66. The highest BCUT2D eigenvalue weighted by Crippen LogP contribution is 2.11. The number of alkyl halides is 3. The molecule has 1 aromatic carbocycles. The normalized spacial score (nSPS) is 13.0. The molecule has 0 bridgehead atoms. The van der Waals surface area contributed by atoms with Crippen molar-refractivity contribution in [2.24, 2.45) is 0 Å². The zero-order valence-corrected chi connectivity index (χ0v) is 10.8. The first-order chi connectivity index (χ1) is 9.40. The van der Waals surface area contributed by atoms with Crippen molar-refractivity contribution in [1.82, 2.24) is 10.6 Å². The van der Waals surface area contributed by atoms with E-state index in [2.05, 4.69) is 5.32 Å². The largest absolute Gasteiger partial charge is 0.401 e. The third-order valence-corrected chi connectivity index (χ3v) is 2.52. The molecule has 112 valence electrons. The first-order valence-electron chi connectivity index (χ1n) is 6.12. The van der Waals surface area contributed by atoms with E-state index in [0.29, 0.717) is 6.42 Å². The fraction of sp³-hybridized carbons (Fsp3) is 0.462. The lowest BCUT2D eigenvalue weighted by Crippen LogP contribution is -2.44. The van der Waals surface area contributed by atoms with E-state index in [1.165, 1.54) is 0 Å². The van der Waals surface area contributed by atoms with E-state index in [9.17, 15) is 23.1 Å². The zero-order valence-electron chi connectivity index (χ0n) is 10.8. The molecule has 0 aliphatic carbocycles. The van der Waals surface area contributed by atoms with Crippen LogP contribution >= 0.6 is 0 Å². The van der Waals surface area contributed by atoms with Crippen LogP contribution in [0.25, 0.3) is 0 Å². The van der Waals surface area contributed by atoms with Gasteiger partial charge in [0.25, 0.3) is 0 Å². The molecule has 0 heterocycles. The van der Waals surface area contributed by atoms with Crippen LogP contribution in [0.5, 0.6) is 0 Å². The molecular formula is C13H17F3N2O2. The number of carbonyl (C=O) groups excluding carboxylic acids is 1. The van der Waals surface area contributed by atoms with Gasteiger partial charge in [0.15, 0.2) is 0 Å². The van der Waals surface area contributed by atoms with Gasteiger partial charge in [-0.15, -0.1) is 0 Å². The van der Waals surface area contributed by atoms with E-state index in [-0.39, 0.29) is 6.61 Å². The number of halogens is 3. The summed E-state index contributed by atoms with van der Waals surface area (Å²) in [6.07, 6.45) is -3.93. The van der Waals surface area contributed by atoms with Crippen LogP contribution in [-0.4, -0.2) is 42.9 Å². The van der Waals surface area contributed by atoms with E-state index >= 15 is 0 Å². The van der Waals surface area contributed by atoms with Gasteiger partial charge in [-0.3, -0.25) is 4.79 Å². The molecule has 0 spiro atoms. The van der Waals surface area contributed by atoms with Gasteiger partial charge in [0.1, 0.15) is 0 Å². The van der Waals surface area contributed by atoms with Gasteiger partial charge in [-0.05, 0) is 12.0 Å². The fourth-order valence-corrected chi connectivity index (χ4v) is 1.66. The molecule has 0 aliphatic heterocycles.